The van der Waals surface area contributed by atoms with E-state index in [-0.39, 0.29) is 23.5 Å². The van der Waals surface area contributed by atoms with Crippen LogP contribution in [-0.2, 0) is 11.2 Å². The van der Waals surface area contributed by atoms with Gasteiger partial charge in [0.25, 0.3) is 0 Å². The molecule has 0 bridgehead atoms. The van der Waals surface area contributed by atoms with Crippen molar-refractivity contribution in [1.82, 2.24) is 24.6 Å². The zero-order valence-electron chi connectivity index (χ0n) is 18.8. The zero-order chi connectivity index (χ0) is 23.5. The van der Waals surface area contributed by atoms with Crippen molar-refractivity contribution in [2.24, 2.45) is 0 Å². The van der Waals surface area contributed by atoms with E-state index in [2.05, 4.69) is 33.4 Å². The van der Waals surface area contributed by atoms with Gasteiger partial charge in [-0.2, -0.15) is 0 Å². The standard InChI is InChI=1S/C26H24FN5OS/c1-31(23-8-4-6-18-5-2-3-7-22(18)23)24(33)17-34-26-30-29-25(19-13-15-28-16-14-19)32(26)21-11-9-20(27)10-12-21/h2-3,5,7,9-16,23H,4,6,8,17H2,1H3. The number of aryl methyl sites for hydroxylation is 1. The highest BCUT2D eigenvalue weighted by Gasteiger charge is 2.27. The summed E-state index contributed by atoms with van der Waals surface area (Å²) in [7, 11) is 1.88. The first-order chi connectivity index (χ1) is 16.6. The summed E-state index contributed by atoms with van der Waals surface area (Å²) in [6.45, 7) is 0. The summed E-state index contributed by atoms with van der Waals surface area (Å²) in [4.78, 5) is 19.1. The average Bonchev–Trinajstić information content (AvgIpc) is 3.31. The molecule has 0 fully saturated rings. The molecule has 4 aromatic rings. The molecule has 34 heavy (non-hydrogen) atoms. The second-order valence-corrected chi connectivity index (χ2v) is 9.20. The van der Waals surface area contributed by atoms with Crippen LogP contribution in [0.1, 0.15) is 30.0 Å². The number of aromatic nitrogens is 4. The quantitative estimate of drug-likeness (QED) is 0.365. The van der Waals surface area contributed by atoms with Crippen LogP contribution in [0.5, 0.6) is 0 Å². The second-order valence-electron chi connectivity index (χ2n) is 8.25. The van der Waals surface area contributed by atoms with Crippen molar-refractivity contribution in [2.75, 3.05) is 12.8 Å². The number of fused-ring (bicyclic) bond motifs is 1. The van der Waals surface area contributed by atoms with Gasteiger partial charge in [0.2, 0.25) is 5.91 Å². The van der Waals surface area contributed by atoms with Gasteiger partial charge in [-0.3, -0.25) is 14.3 Å². The highest BCUT2D eigenvalue weighted by atomic mass is 32.2. The van der Waals surface area contributed by atoms with Crippen LogP contribution in [-0.4, -0.2) is 43.4 Å². The van der Waals surface area contributed by atoms with Gasteiger partial charge in [-0.15, -0.1) is 10.2 Å². The van der Waals surface area contributed by atoms with Gasteiger partial charge in [0.05, 0.1) is 11.8 Å². The minimum absolute atomic E-state index is 0.0332. The number of halogens is 1. The molecule has 0 saturated carbocycles. The number of benzene rings is 2. The Bertz CT molecular complexity index is 1290. The van der Waals surface area contributed by atoms with Gasteiger partial charge in [-0.25, -0.2) is 4.39 Å². The Morgan fingerprint density at radius 1 is 1.09 bits per heavy atom. The van der Waals surface area contributed by atoms with Gasteiger partial charge in [0.1, 0.15) is 5.82 Å². The lowest BCUT2D eigenvalue weighted by atomic mass is 9.87. The van der Waals surface area contributed by atoms with Gasteiger partial charge in [0, 0.05) is 30.7 Å². The van der Waals surface area contributed by atoms with Crippen LogP contribution in [0.3, 0.4) is 0 Å². The number of hydrogen-bond donors (Lipinski definition) is 0. The molecule has 0 N–H and O–H groups in total. The first kappa shape index (κ1) is 22.3. The van der Waals surface area contributed by atoms with Crippen molar-refractivity contribution in [3.63, 3.8) is 0 Å². The topological polar surface area (TPSA) is 63.9 Å². The summed E-state index contributed by atoms with van der Waals surface area (Å²) >= 11 is 1.33. The molecular formula is C26H24FN5OS. The molecule has 0 spiro atoms. The largest absolute Gasteiger partial charge is 0.338 e. The maximum atomic E-state index is 13.6. The molecule has 0 aliphatic heterocycles. The van der Waals surface area contributed by atoms with E-state index in [9.17, 15) is 9.18 Å². The molecule has 1 amide bonds. The third-order valence-corrected chi connectivity index (χ3v) is 7.09. The van der Waals surface area contributed by atoms with Crippen LogP contribution in [0.25, 0.3) is 17.1 Å². The fourth-order valence-corrected chi connectivity index (χ4v) is 5.28. The zero-order valence-corrected chi connectivity index (χ0v) is 19.6. The molecule has 5 rings (SSSR count). The molecule has 6 nitrogen and oxygen atoms in total. The fraction of sp³-hybridized carbons (Fsp3) is 0.231. The SMILES string of the molecule is CN(C(=O)CSc1nnc(-c2ccncc2)n1-c1ccc(F)cc1)C1CCCc2ccccc21. The van der Waals surface area contributed by atoms with Crippen LogP contribution in [0.4, 0.5) is 4.39 Å². The van der Waals surface area contributed by atoms with Crippen molar-refractivity contribution >= 4 is 17.7 Å². The summed E-state index contributed by atoms with van der Waals surface area (Å²) < 4.78 is 15.4. The summed E-state index contributed by atoms with van der Waals surface area (Å²) in [5, 5.41) is 9.31. The van der Waals surface area contributed by atoms with Gasteiger partial charge >= 0.3 is 0 Å². The Morgan fingerprint density at radius 3 is 2.65 bits per heavy atom. The van der Waals surface area contributed by atoms with E-state index in [1.54, 1.807) is 24.5 Å². The number of hydrogen-bond acceptors (Lipinski definition) is 5. The molecule has 0 saturated heterocycles. The van der Waals surface area contributed by atoms with E-state index in [1.165, 1.54) is 35.0 Å². The van der Waals surface area contributed by atoms with Gasteiger partial charge in [-0.05, 0) is 66.8 Å². The van der Waals surface area contributed by atoms with Crippen LogP contribution in [0.2, 0.25) is 0 Å². The van der Waals surface area contributed by atoms with Crippen LogP contribution in [0.15, 0.2) is 78.2 Å². The summed E-state index contributed by atoms with van der Waals surface area (Å²) in [5.41, 5.74) is 4.12. The Kier molecular flexibility index (Phi) is 6.40. The summed E-state index contributed by atoms with van der Waals surface area (Å²) in [6.07, 6.45) is 6.46. The molecule has 2 aromatic heterocycles. The van der Waals surface area contributed by atoms with Crippen LogP contribution < -0.4 is 0 Å². The van der Waals surface area contributed by atoms with Crippen LogP contribution >= 0.6 is 11.8 Å². The van der Waals surface area contributed by atoms with Gasteiger partial charge in [-0.1, -0.05) is 36.0 Å². The lowest BCUT2D eigenvalue weighted by Gasteiger charge is -2.33. The molecule has 8 heteroatoms. The van der Waals surface area contributed by atoms with Crippen molar-refractivity contribution in [1.29, 1.82) is 0 Å². The predicted molar refractivity (Wildman–Crippen MR) is 130 cm³/mol. The highest BCUT2D eigenvalue weighted by molar-refractivity contribution is 7.99. The minimum atomic E-state index is -0.318. The Hall–Kier alpha value is -3.52. The number of carbonyl (C=O) groups is 1. The van der Waals surface area contributed by atoms with E-state index in [1.807, 2.05) is 34.7 Å². The van der Waals surface area contributed by atoms with Crippen molar-refractivity contribution in [3.8, 4) is 17.1 Å². The Morgan fingerprint density at radius 2 is 1.85 bits per heavy atom. The number of pyridine rings is 1. The first-order valence-corrected chi connectivity index (χ1v) is 12.2. The van der Waals surface area contributed by atoms with E-state index in [0.29, 0.717) is 11.0 Å². The Labute approximate surface area is 201 Å². The third-order valence-electron chi connectivity index (χ3n) is 6.18. The van der Waals surface area contributed by atoms with Crippen molar-refractivity contribution < 1.29 is 9.18 Å². The van der Waals surface area contributed by atoms with E-state index >= 15 is 0 Å². The van der Waals surface area contributed by atoms with E-state index < -0.39 is 0 Å². The molecule has 172 valence electrons. The molecule has 1 unspecified atom stereocenters. The fourth-order valence-electron chi connectivity index (χ4n) is 4.41. The normalized spacial score (nSPS) is 15.1. The number of nitrogens with zero attached hydrogens (tertiary/aromatic N) is 5. The van der Waals surface area contributed by atoms with E-state index in [4.69, 9.17) is 0 Å². The number of thioether (sulfide) groups is 1. The summed E-state index contributed by atoms with van der Waals surface area (Å²) in [5.74, 6) is 0.551. The monoisotopic (exact) mass is 473 g/mol. The first-order valence-electron chi connectivity index (χ1n) is 11.2. The maximum absolute atomic E-state index is 13.6. The molecule has 2 heterocycles. The second kappa shape index (κ2) is 9.77. The molecule has 1 aliphatic carbocycles. The molecular weight excluding hydrogens is 449 g/mol. The van der Waals surface area contributed by atoms with E-state index in [0.717, 1.165) is 30.5 Å². The predicted octanol–water partition coefficient (Wildman–Crippen LogP) is 5.10. The smallest absolute Gasteiger partial charge is 0.233 e. The molecule has 2 aromatic carbocycles. The van der Waals surface area contributed by atoms with Crippen molar-refractivity contribution in [3.05, 3.63) is 90.0 Å². The molecule has 1 atom stereocenters. The maximum Gasteiger partial charge on any atom is 0.233 e. The molecule has 0 radical (unpaired) electrons. The molecule has 1 aliphatic rings. The van der Waals surface area contributed by atoms with Gasteiger partial charge in [0.15, 0.2) is 11.0 Å². The minimum Gasteiger partial charge on any atom is -0.338 e. The van der Waals surface area contributed by atoms with Crippen molar-refractivity contribution in [2.45, 2.75) is 30.5 Å². The third kappa shape index (κ3) is 4.46. The number of amides is 1. The van der Waals surface area contributed by atoms with Crippen LogP contribution in [0, 0.1) is 5.82 Å². The number of rotatable bonds is 6. The Balaban J connectivity index is 1.39. The highest BCUT2D eigenvalue weighted by Crippen LogP contribution is 2.34. The lowest BCUT2D eigenvalue weighted by molar-refractivity contribution is -0.129. The average molecular weight is 474 g/mol. The number of carbonyl (C=O) groups excluding carboxylic acids is 1. The summed E-state index contributed by atoms with van der Waals surface area (Å²) in [6, 6.07) is 18.3. The lowest BCUT2D eigenvalue weighted by Crippen LogP contribution is -2.34. The van der Waals surface area contributed by atoms with Gasteiger partial charge < -0.3 is 4.90 Å².